The van der Waals surface area contributed by atoms with E-state index < -0.39 is 0 Å². The fourth-order valence-corrected chi connectivity index (χ4v) is 2.67. The first-order chi connectivity index (χ1) is 9.89. The largest absolute Gasteiger partial charge is 0.398 e. The number of pyridine rings is 1. The second-order valence-corrected chi connectivity index (χ2v) is 6.34. The number of aromatic nitrogens is 3. The van der Waals surface area contributed by atoms with Crippen LogP contribution in [-0.4, -0.2) is 14.5 Å². The summed E-state index contributed by atoms with van der Waals surface area (Å²) < 4.78 is 2.23. The van der Waals surface area contributed by atoms with Crippen LogP contribution in [0.5, 0.6) is 0 Å². The van der Waals surface area contributed by atoms with Gasteiger partial charge in [-0.25, -0.2) is 4.98 Å². The number of anilines is 1. The Morgan fingerprint density at radius 3 is 2.62 bits per heavy atom. The normalized spacial score (nSPS) is 12.0. The zero-order valence-corrected chi connectivity index (χ0v) is 12.9. The van der Waals surface area contributed by atoms with E-state index in [2.05, 4.69) is 30.3 Å². The van der Waals surface area contributed by atoms with Gasteiger partial charge in [0, 0.05) is 23.0 Å². The van der Waals surface area contributed by atoms with Crippen molar-refractivity contribution in [2.75, 3.05) is 5.73 Å². The van der Waals surface area contributed by atoms with E-state index in [1.54, 1.807) is 12.4 Å². The molecule has 0 aliphatic rings. The van der Waals surface area contributed by atoms with Gasteiger partial charge in [0.2, 0.25) is 0 Å². The van der Waals surface area contributed by atoms with Crippen molar-refractivity contribution in [3.05, 3.63) is 42.2 Å². The van der Waals surface area contributed by atoms with Gasteiger partial charge in [-0.05, 0) is 45.4 Å². The van der Waals surface area contributed by atoms with E-state index in [9.17, 15) is 0 Å². The Balaban J connectivity index is 2.40. The monoisotopic (exact) mass is 280 g/mol. The minimum atomic E-state index is -0.0956. The number of para-hydroxylation sites is 1. The Labute approximate surface area is 124 Å². The summed E-state index contributed by atoms with van der Waals surface area (Å²) in [6, 6.07) is 8.07. The van der Waals surface area contributed by atoms with E-state index in [-0.39, 0.29) is 5.54 Å². The lowest BCUT2D eigenvalue weighted by Crippen LogP contribution is -2.22. The van der Waals surface area contributed by atoms with E-state index >= 15 is 0 Å². The summed E-state index contributed by atoms with van der Waals surface area (Å²) in [6.45, 7) is 8.53. The third kappa shape index (κ3) is 2.17. The molecule has 2 heterocycles. The first kappa shape index (κ1) is 13.6. The zero-order valence-electron chi connectivity index (χ0n) is 12.9. The molecule has 0 unspecified atom stereocenters. The highest BCUT2D eigenvalue weighted by Gasteiger charge is 2.23. The van der Waals surface area contributed by atoms with Gasteiger partial charge in [0.25, 0.3) is 0 Å². The number of rotatable bonds is 1. The summed E-state index contributed by atoms with van der Waals surface area (Å²) in [5, 5.41) is 0. The highest BCUT2D eigenvalue weighted by Crippen LogP contribution is 2.34. The van der Waals surface area contributed by atoms with Crippen LogP contribution in [-0.2, 0) is 5.54 Å². The van der Waals surface area contributed by atoms with Crippen molar-refractivity contribution in [2.45, 2.75) is 33.2 Å². The molecule has 0 spiro atoms. The Hall–Kier alpha value is -2.36. The summed E-state index contributed by atoms with van der Waals surface area (Å²) in [6.07, 6.45) is 3.60. The summed E-state index contributed by atoms with van der Waals surface area (Å²) in [7, 11) is 0. The van der Waals surface area contributed by atoms with Gasteiger partial charge >= 0.3 is 0 Å². The van der Waals surface area contributed by atoms with Crippen molar-refractivity contribution >= 4 is 16.7 Å². The van der Waals surface area contributed by atoms with Crippen molar-refractivity contribution in [1.29, 1.82) is 0 Å². The van der Waals surface area contributed by atoms with Gasteiger partial charge in [0.05, 0.1) is 11.7 Å². The average Bonchev–Trinajstić information content (AvgIpc) is 2.80. The van der Waals surface area contributed by atoms with Crippen LogP contribution < -0.4 is 5.73 Å². The lowest BCUT2D eigenvalue weighted by Gasteiger charge is -2.25. The minimum absolute atomic E-state index is 0.0956. The molecule has 0 radical (unpaired) electrons. The molecule has 3 rings (SSSR count). The SMILES string of the molecule is Cc1cccc(-c2nc3cnccc3n2C(C)(C)C)c1N. The van der Waals surface area contributed by atoms with E-state index in [1.165, 1.54) is 0 Å². The highest BCUT2D eigenvalue weighted by atomic mass is 15.1. The number of nitrogens with two attached hydrogens (primary N) is 1. The van der Waals surface area contributed by atoms with Crippen molar-refractivity contribution in [2.24, 2.45) is 0 Å². The van der Waals surface area contributed by atoms with Gasteiger partial charge in [0.15, 0.2) is 0 Å². The van der Waals surface area contributed by atoms with Gasteiger partial charge in [0.1, 0.15) is 11.3 Å². The van der Waals surface area contributed by atoms with Crippen molar-refractivity contribution in [1.82, 2.24) is 14.5 Å². The summed E-state index contributed by atoms with van der Waals surface area (Å²) in [5.41, 5.74) is 11.0. The Kier molecular flexibility index (Phi) is 2.97. The standard InChI is InChI=1S/C17H20N4/c1-11-6-5-7-12(15(11)18)16-20-13-10-19-9-8-14(13)21(16)17(2,3)4/h5-10H,18H2,1-4H3. The molecule has 0 atom stereocenters. The number of nitrogens with zero attached hydrogens (tertiary/aromatic N) is 3. The van der Waals surface area contributed by atoms with Crippen LogP contribution in [0.25, 0.3) is 22.4 Å². The Morgan fingerprint density at radius 2 is 1.90 bits per heavy atom. The maximum Gasteiger partial charge on any atom is 0.143 e. The number of hydrogen-bond acceptors (Lipinski definition) is 3. The maximum atomic E-state index is 6.28. The number of imidazole rings is 1. The zero-order chi connectivity index (χ0) is 15.2. The molecule has 0 amide bonds. The second kappa shape index (κ2) is 4.58. The molecular formula is C17H20N4. The van der Waals surface area contributed by atoms with Crippen LogP contribution in [0, 0.1) is 6.92 Å². The fourth-order valence-electron chi connectivity index (χ4n) is 2.67. The smallest absolute Gasteiger partial charge is 0.143 e. The van der Waals surface area contributed by atoms with Gasteiger partial charge in [-0.1, -0.05) is 12.1 Å². The molecule has 1 aromatic carbocycles. The quantitative estimate of drug-likeness (QED) is 0.691. The molecule has 0 bridgehead atoms. The van der Waals surface area contributed by atoms with Gasteiger partial charge in [-0.2, -0.15) is 0 Å². The van der Waals surface area contributed by atoms with Crippen LogP contribution in [0.2, 0.25) is 0 Å². The number of aryl methyl sites for hydroxylation is 1. The molecule has 0 saturated heterocycles. The van der Waals surface area contributed by atoms with Crippen molar-refractivity contribution < 1.29 is 0 Å². The molecule has 0 aliphatic carbocycles. The van der Waals surface area contributed by atoms with Gasteiger partial charge in [-0.3, -0.25) is 4.98 Å². The van der Waals surface area contributed by atoms with E-state index in [1.807, 2.05) is 31.2 Å². The van der Waals surface area contributed by atoms with Gasteiger partial charge < -0.3 is 10.3 Å². The molecule has 2 aromatic heterocycles. The minimum Gasteiger partial charge on any atom is -0.398 e. The van der Waals surface area contributed by atoms with Crippen LogP contribution in [0.1, 0.15) is 26.3 Å². The first-order valence-electron chi connectivity index (χ1n) is 7.08. The summed E-state index contributed by atoms with van der Waals surface area (Å²) in [5.74, 6) is 0.895. The second-order valence-electron chi connectivity index (χ2n) is 6.34. The highest BCUT2D eigenvalue weighted by molar-refractivity contribution is 5.84. The third-order valence-electron chi connectivity index (χ3n) is 3.69. The Bertz CT molecular complexity index is 809. The fraction of sp³-hybridized carbons (Fsp3) is 0.294. The Morgan fingerprint density at radius 1 is 1.14 bits per heavy atom. The molecule has 0 fully saturated rings. The predicted molar refractivity (Wildman–Crippen MR) is 87.1 cm³/mol. The van der Waals surface area contributed by atoms with Crippen molar-refractivity contribution in [3.63, 3.8) is 0 Å². The topological polar surface area (TPSA) is 56.7 Å². The molecule has 2 N–H and O–H groups in total. The van der Waals surface area contributed by atoms with Crippen LogP contribution in [0.4, 0.5) is 5.69 Å². The molecular weight excluding hydrogens is 260 g/mol. The molecule has 21 heavy (non-hydrogen) atoms. The lowest BCUT2D eigenvalue weighted by atomic mass is 10.0. The molecule has 3 aromatic rings. The van der Waals surface area contributed by atoms with Crippen LogP contribution in [0.3, 0.4) is 0 Å². The lowest BCUT2D eigenvalue weighted by molar-refractivity contribution is 0.413. The van der Waals surface area contributed by atoms with Crippen LogP contribution >= 0.6 is 0 Å². The predicted octanol–water partition coefficient (Wildman–Crippen LogP) is 3.74. The van der Waals surface area contributed by atoms with E-state index in [0.29, 0.717) is 0 Å². The maximum absolute atomic E-state index is 6.28. The average molecular weight is 280 g/mol. The number of fused-ring (bicyclic) bond motifs is 1. The molecule has 108 valence electrons. The van der Waals surface area contributed by atoms with Gasteiger partial charge in [-0.15, -0.1) is 0 Å². The number of benzene rings is 1. The first-order valence-corrected chi connectivity index (χ1v) is 7.08. The third-order valence-corrected chi connectivity index (χ3v) is 3.69. The molecule has 0 aliphatic heterocycles. The van der Waals surface area contributed by atoms with E-state index in [0.717, 1.165) is 33.7 Å². The molecule has 4 heteroatoms. The molecule has 4 nitrogen and oxygen atoms in total. The summed E-state index contributed by atoms with van der Waals surface area (Å²) in [4.78, 5) is 8.95. The van der Waals surface area contributed by atoms with Crippen molar-refractivity contribution in [3.8, 4) is 11.4 Å². The summed E-state index contributed by atoms with van der Waals surface area (Å²) >= 11 is 0. The number of nitrogen functional groups attached to an aromatic ring is 1. The number of hydrogen-bond donors (Lipinski definition) is 1. The van der Waals surface area contributed by atoms with Crippen LogP contribution in [0.15, 0.2) is 36.7 Å². The van der Waals surface area contributed by atoms with E-state index in [4.69, 9.17) is 10.7 Å². The molecule has 0 saturated carbocycles.